The minimum absolute atomic E-state index is 0.0258. The van der Waals surface area contributed by atoms with Gasteiger partial charge in [-0.2, -0.15) is 4.40 Å². The number of fused-ring (bicyclic) bond motifs is 2. The number of nitrogens with zero attached hydrogens (tertiary/aromatic N) is 3. The molecule has 8 nitrogen and oxygen atoms in total. The molecule has 150 valence electrons. The Kier molecular flexibility index (Phi) is 4.77. The van der Waals surface area contributed by atoms with E-state index in [9.17, 15) is 19.8 Å². The Morgan fingerprint density at radius 2 is 2.18 bits per heavy atom. The lowest BCUT2D eigenvalue weighted by Crippen LogP contribution is -2.63. The highest BCUT2D eigenvalue weighted by atomic mass is 32.2. The summed E-state index contributed by atoms with van der Waals surface area (Å²) in [5.74, 6) is -1.63. The van der Waals surface area contributed by atoms with Gasteiger partial charge in [0.15, 0.2) is 0 Å². The number of imidazole rings is 1. The van der Waals surface area contributed by atoms with Gasteiger partial charge in [-0.1, -0.05) is 30.0 Å². The Morgan fingerprint density at radius 1 is 1.46 bits per heavy atom. The number of aryl methyl sites for hydroxylation is 1. The lowest BCUT2D eigenvalue weighted by Gasteiger charge is -2.46. The van der Waals surface area contributed by atoms with Crippen LogP contribution in [0.3, 0.4) is 0 Å². The zero-order valence-electron chi connectivity index (χ0n) is 15.7. The predicted molar refractivity (Wildman–Crippen MR) is 104 cm³/mol. The first-order valence-corrected chi connectivity index (χ1v) is 10.8. The first kappa shape index (κ1) is 19.4. The summed E-state index contributed by atoms with van der Waals surface area (Å²) in [5.41, 5.74) is 0.668. The van der Waals surface area contributed by atoms with E-state index < -0.39 is 18.0 Å². The lowest BCUT2D eigenvalue weighted by atomic mass is 9.77. The molecule has 0 spiro atoms. The number of aliphatic carboxylic acids is 1. The summed E-state index contributed by atoms with van der Waals surface area (Å²) in [7, 11) is 1.93. The number of carbonyl (C=O) groups is 2. The van der Waals surface area contributed by atoms with Crippen LogP contribution in [0.4, 0.5) is 0 Å². The Bertz CT molecular complexity index is 1010. The Morgan fingerprint density at radius 3 is 2.79 bits per heavy atom. The van der Waals surface area contributed by atoms with Crippen LogP contribution in [0.5, 0.6) is 0 Å². The van der Waals surface area contributed by atoms with Crippen LogP contribution in [0.2, 0.25) is 0 Å². The van der Waals surface area contributed by atoms with Gasteiger partial charge in [0.25, 0.3) is 0 Å². The molecule has 1 amide bonds. The quantitative estimate of drug-likeness (QED) is 0.356. The summed E-state index contributed by atoms with van der Waals surface area (Å²) in [4.78, 5) is 27.6. The Hall–Kier alpha value is -1.88. The van der Waals surface area contributed by atoms with Crippen LogP contribution < -0.4 is 4.57 Å². The molecule has 0 unspecified atom stereocenters. The van der Waals surface area contributed by atoms with Crippen molar-refractivity contribution in [2.45, 2.75) is 31.0 Å². The molecule has 3 N–H and O–H groups in total. The maximum Gasteiger partial charge on any atom is 0.352 e. The molecule has 0 radical (unpaired) electrons. The summed E-state index contributed by atoms with van der Waals surface area (Å²) >= 11 is 3.02. The van der Waals surface area contributed by atoms with Crippen molar-refractivity contribution in [2.24, 2.45) is 18.9 Å². The van der Waals surface area contributed by atoms with Crippen LogP contribution in [-0.4, -0.2) is 61.0 Å². The number of aliphatic hydroxyl groups excluding tert-OH is 2. The van der Waals surface area contributed by atoms with Crippen molar-refractivity contribution < 1.29 is 29.5 Å². The standard InChI is InChI=1S/C18H21N3O5S2/c1-8-11(14(18(25)26)21-13(8)12(9(2)23)15(21)24)10-6-20-7-19(3)16(17(20)28-10)27-5-4-22/h6-9,12-13,22-23H,4-5H2,1-3H3/p+1/t8-,9+,12+,13+/m0/s1. The highest BCUT2D eigenvalue weighted by Gasteiger charge is 2.60. The molecule has 0 saturated carbocycles. The van der Waals surface area contributed by atoms with Gasteiger partial charge in [0.2, 0.25) is 22.1 Å². The van der Waals surface area contributed by atoms with Crippen LogP contribution >= 0.6 is 23.1 Å². The maximum absolute atomic E-state index is 12.5. The molecule has 0 aromatic carbocycles. The van der Waals surface area contributed by atoms with Crippen molar-refractivity contribution >= 4 is 45.4 Å². The number of β-lactam (4-membered cyclic amide) rings is 1. The number of carbonyl (C=O) groups excluding carboxylic acids is 1. The first-order valence-electron chi connectivity index (χ1n) is 9.00. The van der Waals surface area contributed by atoms with Crippen molar-refractivity contribution in [3.05, 3.63) is 23.1 Å². The molecule has 0 bridgehead atoms. The van der Waals surface area contributed by atoms with Crippen LogP contribution in [0, 0.1) is 11.8 Å². The van der Waals surface area contributed by atoms with E-state index in [0.717, 1.165) is 14.7 Å². The normalized spacial score (nSPS) is 25.4. The molecule has 4 heterocycles. The second-order valence-electron chi connectivity index (χ2n) is 7.23. The molecule has 4 rings (SSSR count). The average molecular weight is 425 g/mol. The number of hydrogen-bond donors (Lipinski definition) is 3. The largest absolute Gasteiger partial charge is 0.477 e. The highest BCUT2D eigenvalue weighted by molar-refractivity contribution is 7.99. The van der Waals surface area contributed by atoms with Crippen LogP contribution in [0.1, 0.15) is 18.7 Å². The number of rotatable bonds is 6. The van der Waals surface area contributed by atoms with Gasteiger partial charge in [0, 0.05) is 17.2 Å². The number of aliphatic hydroxyl groups is 2. The van der Waals surface area contributed by atoms with Crippen molar-refractivity contribution in [1.82, 2.24) is 9.30 Å². The van der Waals surface area contributed by atoms with Gasteiger partial charge >= 0.3 is 5.97 Å². The van der Waals surface area contributed by atoms with Gasteiger partial charge in [-0.05, 0) is 6.92 Å². The fraction of sp³-hybridized carbons (Fsp3) is 0.500. The molecule has 0 aliphatic carbocycles. The van der Waals surface area contributed by atoms with Crippen molar-refractivity contribution in [1.29, 1.82) is 0 Å². The van der Waals surface area contributed by atoms with Crippen molar-refractivity contribution in [3.63, 3.8) is 0 Å². The Balaban J connectivity index is 1.80. The third-order valence-corrected chi connectivity index (χ3v) is 7.88. The topological polar surface area (TPSA) is 106 Å². The molecule has 28 heavy (non-hydrogen) atoms. The minimum atomic E-state index is -1.12. The molecule has 2 aliphatic rings. The third-order valence-electron chi connectivity index (χ3n) is 5.47. The second kappa shape index (κ2) is 6.87. The predicted octanol–water partition coefficient (Wildman–Crippen LogP) is 0.563. The number of amides is 1. The summed E-state index contributed by atoms with van der Waals surface area (Å²) in [6.45, 7) is 3.57. The molecule has 2 aliphatic heterocycles. The van der Waals surface area contributed by atoms with E-state index in [1.807, 2.05) is 35.5 Å². The monoisotopic (exact) mass is 424 g/mol. The van der Waals surface area contributed by atoms with E-state index in [2.05, 4.69) is 0 Å². The fourth-order valence-electron chi connectivity index (χ4n) is 4.32. The smallest absolute Gasteiger partial charge is 0.352 e. The maximum atomic E-state index is 12.5. The highest BCUT2D eigenvalue weighted by Crippen LogP contribution is 2.51. The van der Waals surface area contributed by atoms with E-state index in [1.165, 1.54) is 28.0 Å². The van der Waals surface area contributed by atoms with Crippen LogP contribution in [0.15, 0.2) is 23.2 Å². The molecule has 1 fully saturated rings. The number of aromatic nitrogens is 2. The van der Waals surface area contributed by atoms with Gasteiger partial charge in [-0.15, -0.1) is 0 Å². The van der Waals surface area contributed by atoms with Crippen LogP contribution in [0.25, 0.3) is 10.4 Å². The zero-order valence-corrected chi connectivity index (χ0v) is 17.3. The first-order chi connectivity index (χ1) is 13.3. The summed E-state index contributed by atoms with van der Waals surface area (Å²) in [5, 5.41) is 29.9. The SMILES string of the molecule is C[C@@H](O)[C@H]1C(=O)N2C(C(=O)O)=C(c3cn4c[n+](C)c(SCCO)c4s3)[C@H](C)[C@H]12. The summed E-state index contributed by atoms with van der Waals surface area (Å²) in [6, 6.07) is -0.325. The van der Waals surface area contributed by atoms with E-state index >= 15 is 0 Å². The van der Waals surface area contributed by atoms with Gasteiger partial charge in [0.1, 0.15) is 11.9 Å². The van der Waals surface area contributed by atoms with E-state index in [4.69, 9.17) is 5.11 Å². The average Bonchev–Trinajstić information content (AvgIpc) is 3.20. The lowest BCUT2D eigenvalue weighted by molar-refractivity contribution is -0.705. The number of carboxylic acids is 1. The van der Waals surface area contributed by atoms with E-state index in [1.54, 1.807) is 6.92 Å². The van der Waals surface area contributed by atoms with Crippen molar-refractivity contribution in [2.75, 3.05) is 12.4 Å². The summed E-state index contributed by atoms with van der Waals surface area (Å²) in [6.07, 6.45) is 2.99. The van der Waals surface area contributed by atoms with Gasteiger partial charge in [-0.25, -0.2) is 9.36 Å². The van der Waals surface area contributed by atoms with Gasteiger partial charge in [0.05, 0.1) is 36.6 Å². The molecular weight excluding hydrogens is 402 g/mol. The Labute approximate surface area is 169 Å². The number of hydrogen-bond acceptors (Lipinski definition) is 6. The molecule has 4 atom stereocenters. The van der Waals surface area contributed by atoms with Crippen LogP contribution in [-0.2, 0) is 16.6 Å². The molecule has 10 heteroatoms. The van der Waals surface area contributed by atoms with Gasteiger partial charge < -0.3 is 20.2 Å². The number of carboxylic acid groups (broad SMARTS) is 1. The van der Waals surface area contributed by atoms with Crippen molar-refractivity contribution in [3.8, 4) is 0 Å². The molecular formula is C18H22N3O5S2+. The van der Waals surface area contributed by atoms with E-state index in [-0.39, 0.29) is 30.2 Å². The number of thioether (sulfide) groups is 1. The number of thiazole rings is 1. The van der Waals surface area contributed by atoms with Gasteiger partial charge in [-0.3, -0.25) is 4.79 Å². The fourth-order valence-corrected chi connectivity index (χ4v) is 6.59. The third kappa shape index (κ3) is 2.62. The minimum Gasteiger partial charge on any atom is -0.477 e. The molecule has 1 saturated heterocycles. The zero-order chi connectivity index (χ0) is 20.3. The molecule has 2 aromatic rings. The second-order valence-corrected chi connectivity index (χ2v) is 9.35. The summed E-state index contributed by atoms with van der Waals surface area (Å²) < 4.78 is 3.92. The molecule has 2 aromatic heterocycles. The van der Waals surface area contributed by atoms with E-state index in [0.29, 0.717) is 11.3 Å².